The highest BCUT2D eigenvalue weighted by Crippen LogP contribution is 2.38. The van der Waals surface area contributed by atoms with Crippen LogP contribution >= 0.6 is 11.6 Å². The van der Waals surface area contributed by atoms with Crippen molar-refractivity contribution in [2.24, 2.45) is 0 Å². The normalized spacial score (nSPS) is 17.4. The fourth-order valence-corrected chi connectivity index (χ4v) is 11.4. The molecular formula is C36H39ClN4O3Si. The average Bonchev–Trinajstić information content (AvgIpc) is 3.50. The number of ether oxygens (including phenoxy) is 1. The first-order chi connectivity index (χ1) is 21.8. The monoisotopic (exact) mass is 638 g/mol. The number of halogens is 1. The summed E-state index contributed by atoms with van der Waals surface area (Å²) in [5, 5.41) is 2.66. The van der Waals surface area contributed by atoms with Crippen molar-refractivity contribution in [1.82, 2.24) is 19.3 Å². The molecule has 0 aliphatic carbocycles. The summed E-state index contributed by atoms with van der Waals surface area (Å²) in [7, 11) is -2.80. The zero-order valence-corrected chi connectivity index (χ0v) is 27.7. The average molecular weight is 639 g/mol. The van der Waals surface area contributed by atoms with Crippen molar-refractivity contribution in [2.75, 3.05) is 13.2 Å². The highest BCUT2D eigenvalue weighted by atomic mass is 35.5. The lowest BCUT2D eigenvalue weighted by atomic mass is 9.92. The number of aromatic nitrogens is 3. The van der Waals surface area contributed by atoms with Crippen molar-refractivity contribution in [3.8, 4) is 0 Å². The minimum absolute atomic E-state index is 0.000596. The summed E-state index contributed by atoms with van der Waals surface area (Å²) >= 11 is 6.36. The van der Waals surface area contributed by atoms with Crippen molar-refractivity contribution in [3.05, 3.63) is 126 Å². The first-order valence-corrected chi connectivity index (χ1v) is 17.8. The van der Waals surface area contributed by atoms with E-state index in [0.717, 1.165) is 29.7 Å². The van der Waals surface area contributed by atoms with Gasteiger partial charge in [0.25, 0.3) is 8.32 Å². The maximum absolute atomic E-state index is 13.9. The lowest BCUT2D eigenvalue weighted by Crippen LogP contribution is -2.67. The summed E-state index contributed by atoms with van der Waals surface area (Å²) in [6, 6.07) is 30.8. The van der Waals surface area contributed by atoms with E-state index in [0.29, 0.717) is 18.3 Å². The minimum Gasteiger partial charge on any atom is -0.445 e. The van der Waals surface area contributed by atoms with Crippen LogP contribution in [0.2, 0.25) is 10.2 Å². The van der Waals surface area contributed by atoms with E-state index in [1.54, 1.807) is 12.4 Å². The minimum atomic E-state index is -2.80. The fraction of sp³-hybridized carbons (Fsp3) is 0.306. The van der Waals surface area contributed by atoms with Gasteiger partial charge in [0.05, 0.1) is 18.8 Å². The Balaban J connectivity index is 1.32. The topological polar surface area (TPSA) is 69.0 Å². The molecule has 2 atom stereocenters. The van der Waals surface area contributed by atoms with E-state index in [-0.39, 0.29) is 29.7 Å². The fourth-order valence-electron chi connectivity index (χ4n) is 6.64. The number of fused-ring (bicyclic) bond motifs is 1. The molecule has 2 aromatic heterocycles. The van der Waals surface area contributed by atoms with Gasteiger partial charge < -0.3 is 14.1 Å². The first-order valence-electron chi connectivity index (χ1n) is 15.5. The number of likely N-dealkylation sites (tertiary alicyclic amines) is 1. The van der Waals surface area contributed by atoms with Crippen molar-refractivity contribution < 1.29 is 14.0 Å². The molecule has 3 heterocycles. The molecule has 1 aliphatic heterocycles. The largest absolute Gasteiger partial charge is 0.445 e. The molecule has 0 bridgehead atoms. The molecule has 232 valence electrons. The standard InChI is InChI=1S/C36H39ClN4O3Si/c1-36(2,3)45(30-15-9-5-10-16-30,31-17-11-6-12-18-31)44-26-29-20-19-28(34-39-23-32-33(37)38-21-22-40(32)34)24-41(29)35(42)43-25-27-13-7-4-8-14-27/h4-18,21-23,28-29H,19-20,24-26H2,1-3H3/t28-,29+/m1/s1. The van der Waals surface area contributed by atoms with Crippen molar-refractivity contribution in [2.45, 2.75) is 57.2 Å². The molecule has 0 N–H and O–H groups in total. The molecule has 0 spiro atoms. The number of piperidine rings is 1. The number of imidazole rings is 1. The number of hydrogen-bond donors (Lipinski definition) is 0. The van der Waals surface area contributed by atoms with E-state index in [4.69, 9.17) is 25.7 Å². The van der Waals surface area contributed by atoms with Crippen molar-refractivity contribution >= 4 is 41.9 Å². The van der Waals surface area contributed by atoms with E-state index in [1.165, 1.54) is 10.4 Å². The van der Waals surface area contributed by atoms with Gasteiger partial charge >= 0.3 is 6.09 Å². The Bertz CT molecular complexity index is 1690. The molecule has 6 rings (SSSR count). The molecule has 7 nitrogen and oxygen atoms in total. The van der Waals surface area contributed by atoms with Crippen molar-refractivity contribution in [1.29, 1.82) is 0 Å². The van der Waals surface area contributed by atoms with Crippen LogP contribution < -0.4 is 10.4 Å². The molecule has 0 radical (unpaired) electrons. The van der Waals surface area contributed by atoms with Crippen molar-refractivity contribution in [3.63, 3.8) is 0 Å². The Morgan fingerprint density at radius 3 is 2.16 bits per heavy atom. The summed E-state index contributed by atoms with van der Waals surface area (Å²) in [5.74, 6) is 0.862. The molecule has 1 aliphatic rings. The smallest absolute Gasteiger partial charge is 0.410 e. The van der Waals surface area contributed by atoms with Crippen LogP contribution in [0.5, 0.6) is 0 Å². The molecule has 3 aromatic carbocycles. The highest BCUT2D eigenvalue weighted by Gasteiger charge is 2.51. The maximum atomic E-state index is 13.9. The van der Waals surface area contributed by atoms with Gasteiger partial charge in [-0.25, -0.2) is 14.8 Å². The van der Waals surface area contributed by atoms with Gasteiger partial charge in [0.2, 0.25) is 0 Å². The van der Waals surface area contributed by atoms with E-state index in [9.17, 15) is 4.79 Å². The molecule has 0 unspecified atom stereocenters. The van der Waals surface area contributed by atoms with Crippen LogP contribution in [-0.2, 0) is 15.8 Å². The van der Waals surface area contributed by atoms with Gasteiger partial charge in [-0.05, 0) is 33.8 Å². The Labute approximate surface area is 270 Å². The Kier molecular flexibility index (Phi) is 9.08. The third-order valence-electron chi connectivity index (χ3n) is 8.86. The van der Waals surface area contributed by atoms with Crippen LogP contribution in [0.3, 0.4) is 0 Å². The molecular weight excluding hydrogens is 600 g/mol. The second-order valence-electron chi connectivity index (χ2n) is 12.7. The number of nitrogens with zero attached hydrogens (tertiary/aromatic N) is 4. The van der Waals surface area contributed by atoms with Gasteiger partial charge in [0.15, 0.2) is 5.15 Å². The molecule has 1 fully saturated rings. The molecule has 9 heteroatoms. The predicted molar refractivity (Wildman–Crippen MR) is 181 cm³/mol. The van der Waals surface area contributed by atoms with Crippen LogP contribution in [-0.4, -0.2) is 52.9 Å². The van der Waals surface area contributed by atoms with Crippen LogP contribution in [0.25, 0.3) is 5.52 Å². The number of benzene rings is 3. The van der Waals surface area contributed by atoms with Gasteiger partial charge in [0, 0.05) is 24.9 Å². The number of carbonyl (C=O) groups excluding carboxylic acids is 1. The second kappa shape index (κ2) is 13.2. The zero-order valence-electron chi connectivity index (χ0n) is 26.0. The van der Waals surface area contributed by atoms with Crippen LogP contribution in [0.15, 0.2) is 110 Å². The number of hydrogen-bond acceptors (Lipinski definition) is 5. The van der Waals surface area contributed by atoms with Crippen LogP contribution in [0.1, 0.15) is 50.9 Å². The molecule has 1 saturated heterocycles. The lowest BCUT2D eigenvalue weighted by molar-refractivity contribution is 0.0464. The third-order valence-corrected chi connectivity index (χ3v) is 14.2. The van der Waals surface area contributed by atoms with Gasteiger partial charge in [-0.1, -0.05) is 123 Å². The van der Waals surface area contributed by atoms with E-state index in [1.807, 2.05) is 58.0 Å². The van der Waals surface area contributed by atoms with Crippen LogP contribution in [0.4, 0.5) is 4.79 Å². The number of rotatable bonds is 8. The molecule has 1 amide bonds. The Morgan fingerprint density at radius 1 is 0.911 bits per heavy atom. The van der Waals surface area contributed by atoms with E-state index in [2.05, 4.69) is 74.3 Å². The predicted octanol–water partition coefficient (Wildman–Crippen LogP) is 6.84. The summed E-state index contributed by atoms with van der Waals surface area (Å²) in [5.41, 5.74) is 1.70. The molecule has 5 aromatic rings. The first kappa shape index (κ1) is 31.0. The van der Waals surface area contributed by atoms with E-state index >= 15 is 0 Å². The summed E-state index contributed by atoms with van der Waals surface area (Å²) in [4.78, 5) is 24.7. The van der Waals surface area contributed by atoms with Gasteiger partial charge in [-0.2, -0.15) is 0 Å². The lowest BCUT2D eigenvalue weighted by Gasteiger charge is -2.45. The summed E-state index contributed by atoms with van der Waals surface area (Å²) < 4.78 is 15.2. The SMILES string of the molecule is CC(C)(C)[Si](OC[C@@H]1CC[C@@H](c2ncc3c(Cl)nccn23)CN1C(=O)OCc1ccccc1)(c1ccccc1)c1ccccc1. The second-order valence-corrected chi connectivity index (χ2v) is 17.3. The molecule has 0 saturated carbocycles. The summed E-state index contributed by atoms with van der Waals surface area (Å²) in [6.07, 6.45) is 6.55. The van der Waals surface area contributed by atoms with Gasteiger partial charge in [-0.15, -0.1) is 0 Å². The Hall–Kier alpha value is -3.98. The third kappa shape index (κ3) is 6.27. The Morgan fingerprint density at radius 2 is 1.53 bits per heavy atom. The van der Waals surface area contributed by atoms with Gasteiger partial charge in [-0.3, -0.25) is 4.40 Å². The summed E-state index contributed by atoms with van der Waals surface area (Å²) in [6.45, 7) is 7.87. The van der Waals surface area contributed by atoms with E-state index < -0.39 is 8.32 Å². The zero-order chi connectivity index (χ0) is 31.4. The molecule has 45 heavy (non-hydrogen) atoms. The number of carbonyl (C=O) groups is 1. The highest BCUT2D eigenvalue weighted by molar-refractivity contribution is 6.99. The van der Waals surface area contributed by atoms with Crippen LogP contribution in [0, 0.1) is 0 Å². The number of amides is 1. The quantitative estimate of drug-likeness (QED) is 0.174. The van der Waals surface area contributed by atoms with Gasteiger partial charge in [0.1, 0.15) is 17.9 Å². The maximum Gasteiger partial charge on any atom is 0.410 e.